The topological polar surface area (TPSA) is 128 Å². The van der Waals surface area contributed by atoms with Crippen LogP contribution in [0.15, 0.2) is 66.7 Å². The Morgan fingerprint density at radius 1 is 0.893 bits per heavy atom. The van der Waals surface area contributed by atoms with Gasteiger partial charge in [-0.3, -0.25) is 10.1 Å². The molecule has 0 aliphatic heterocycles. The first-order valence-electron chi connectivity index (χ1n) is 8.27. The first-order valence-corrected chi connectivity index (χ1v) is 8.27. The van der Waals surface area contributed by atoms with E-state index >= 15 is 0 Å². The van der Waals surface area contributed by atoms with E-state index in [1.165, 1.54) is 24.3 Å². The lowest BCUT2D eigenvalue weighted by molar-refractivity contribution is 0.102. The number of benzene rings is 3. The predicted molar refractivity (Wildman–Crippen MR) is 107 cm³/mol. The smallest absolute Gasteiger partial charge is 0.409 e. The Kier molecular flexibility index (Phi) is 5.23. The van der Waals surface area contributed by atoms with Crippen LogP contribution in [0.2, 0.25) is 0 Å². The molecule has 0 fully saturated rings. The number of anilines is 3. The number of rotatable bonds is 4. The fourth-order valence-corrected chi connectivity index (χ4v) is 2.60. The van der Waals surface area contributed by atoms with E-state index in [1.807, 2.05) is 18.2 Å². The third-order valence-electron chi connectivity index (χ3n) is 4.05. The van der Waals surface area contributed by atoms with E-state index in [1.54, 1.807) is 24.3 Å². The quantitative estimate of drug-likeness (QED) is 0.511. The van der Waals surface area contributed by atoms with Crippen LogP contribution in [0.5, 0.6) is 0 Å². The van der Waals surface area contributed by atoms with Gasteiger partial charge < -0.3 is 16.2 Å². The monoisotopic (exact) mass is 372 g/mol. The minimum absolute atomic E-state index is 0.360. The van der Waals surface area contributed by atoms with Crippen LogP contribution in [0.25, 0.3) is 11.1 Å². The van der Waals surface area contributed by atoms with Crippen molar-refractivity contribution in [3.63, 3.8) is 0 Å². The molecule has 0 spiro atoms. The van der Waals surface area contributed by atoms with Crippen molar-refractivity contribution < 1.29 is 14.7 Å². The van der Waals surface area contributed by atoms with Gasteiger partial charge in [0, 0.05) is 11.3 Å². The molecule has 7 heteroatoms. The Hall–Kier alpha value is -4.31. The van der Waals surface area contributed by atoms with E-state index < -0.39 is 6.09 Å². The van der Waals surface area contributed by atoms with Crippen LogP contribution in [0, 0.1) is 11.3 Å². The number of nitrogen functional groups attached to an aromatic ring is 1. The molecule has 3 aromatic carbocycles. The zero-order valence-corrected chi connectivity index (χ0v) is 14.6. The number of nitrogens with zero attached hydrogens (tertiary/aromatic N) is 1. The third kappa shape index (κ3) is 4.26. The second-order valence-corrected chi connectivity index (χ2v) is 5.95. The second-order valence-electron chi connectivity index (χ2n) is 5.95. The molecule has 0 atom stereocenters. The van der Waals surface area contributed by atoms with Gasteiger partial charge in [0.15, 0.2) is 0 Å². The van der Waals surface area contributed by atoms with Crippen LogP contribution in [0.3, 0.4) is 0 Å². The van der Waals surface area contributed by atoms with Crippen LogP contribution in [0.4, 0.5) is 21.9 Å². The summed E-state index contributed by atoms with van der Waals surface area (Å²) in [7, 11) is 0. The number of carbonyl (C=O) groups excluding carboxylic acids is 1. The van der Waals surface area contributed by atoms with Gasteiger partial charge in [0.2, 0.25) is 0 Å². The van der Waals surface area contributed by atoms with Crippen molar-refractivity contribution in [2.45, 2.75) is 0 Å². The number of carbonyl (C=O) groups is 2. The number of nitriles is 1. The highest BCUT2D eigenvalue weighted by Crippen LogP contribution is 2.28. The number of hydrogen-bond acceptors (Lipinski definition) is 4. The largest absolute Gasteiger partial charge is 0.465 e. The van der Waals surface area contributed by atoms with Gasteiger partial charge in [-0.25, -0.2) is 4.79 Å². The molecule has 7 nitrogen and oxygen atoms in total. The molecule has 3 aromatic rings. The van der Waals surface area contributed by atoms with E-state index in [9.17, 15) is 9.59 Å². The lowest BCUT2D eigenvalue weighted by Crippen LogP contribution is -2.13. The number of nitrogens with two attached hydrogens (primary N) is 1. The maximum absolute atomic E-state index is 12.5. The molecule has 0 heterocycles. The molecule has 5 N–H and O–H groups in total. The number of nitrogens with one attached hydrogen (secondary N) is 2. The predicted octanol–water partition coefficient (Wildman–Crippen LogP) is 4.15. The highest BCUT2D eigenvalue weighted by Gasteiger charge is 2.10. The molecule has 0 radical (unpaired) electrons. The molecule has 0 bridgehead atoms. The van der Waals surface area contributed by atoms with E-state index in [-0.39, 0.29) is 5.91 Å². The highest BCUT2D eigenvalue weighted by atomic mass is 16.4. The summed E-state index contributed by atoms with van der Waals surface area (Å²) in [6.45, 7) is 0. The Balaban J connectivity index is 1.80. The van der Waals surface area contributed by atoms with Crippen molar-refractivity contribution >= 4 is 29.1 Å². The van der Waals surface area contributed by atoms with Gasteiger partial charge in [-0.2, -0.15) is 5.26 Å². The van der Waals surface area contributed by atoms with Crippen molar-refractivity contribution in [2.24, 2.45) is 0 Å². The molecule has 3 rings (SSSR count). The Labute approximate surface area is 161 Å². The summed E-state index contributed by atoms with van der Waals surface area (Å²) in [6, 6.07) is 20.5. The number of amides is 2. The number of hydrogen-bond donors (Lipinski definition) is 4. The van der Waals surface area contributed by atoms with Crippen LogP contribution >= 0.6 is 0 Å². The SMILES string of the molecule is N#Cc1ccc(-c2ccc(N)c(NC(=O)c3ccc(NC(=O)O)cc3)c2)cc1. The van der Waals surface area contributed by atoms with Crippen molar-refractivity contribution in [1.82, 2.24) is 0 Å². The normalized spacial score (nSPS) is 9.96. The average molecular weight is 372 g/mol. The summed E-state index contributed by atoms with van der Waals surface area (Å²) in [5, 5.41) is 22.6. The van der Waals surface area contributed by atoms with Gasteiger partial charge in [-0.1, -0.05) is 18.2 Å². The molecule has 138 valence electrons. The third-order valence-corrected chi connectivity index (χ3v) is 4.05. The lowest BCUT2D eigenvalue weighted by Gasteiger charge is -2.11. The zero-order valence-electron chi connectivity index (χ0n) is 14.6. The fourth-order valence-electron chi connectivity index (χ4n) is 2.60. The number of carboxylic acid groups (broad SMARTS) is 1. The van der Waals surface area contributed by atoms with Crippen LogP contribution < -0.4 is 16.4 Å². The Morgan fingerprint density at radius 3 is 2.14 bits per heavy atom. The van der Waals surface area contributed by atoms with Gasteiger partial charge in [0.1, 0.15) is 0 Å². The molecular formula is C21H16N4O3. The van der Waals surface area contributed by atoms with E-state index in [4.69, 9.17) is 16.1 Å². The van der Waals surface area contributed by atoms with Gasteiger partial charge in [-0.05, 0) is 59.7 Å². The van der Waals surface area contributed by atoms with Crippen molar-refractivity contribution in [3.05, 3.63) is 77.9 Å². The highest BCUT2D eigenvalue weighted by molar-refractivity contribution is 6.06. The van der Waals surface area contributed by atoms with Gasteiger partial charge in [0.05, 0.1) is 23.0 Å². The minimum Gasteiger partial charge on any atom is -0.465 e. The molecular weight excluding hydrogens is 356 g/mol. The second kappa shape index (κ2) is 7.93. The maximum atomic E-state index is 12.5. The Morgan fingerprint density at radius 2 is 1.54 bits per heavy atom. The van der Waals surface area contributed by atoms with Crippen molar-refractivity contribution in [3.8, 4) is 17.2 Å². The molecule has 0 aliphatic carbocycles. The minimum atomic E-state index is -1.18. The summed E-state index contributed by atoms with van der Waals surface area (Å²) in [6.07, 6.45) is -1.18. The van der Waals surface area contributed by atoms with Crippen molar-refractivity contribution in [2.75, 3.05) is 16.4 Å². The summed E-state index contributed by atoms with van der Waals surface area (Å²) < 4.78 is 0. The maximum Gasteiger partial charge on any atom is 0.409 e. The molecule has 0 saturated carbocycles. The molecule has 2 amide bonds. The van der Waals surface area contributed by atoms with Crippen LogP contribution in [0.1, 0.15) is 15.9 Å². The summed E-state index contributed by atoms with van der Waals surface area (Å²) in [4.78, 5) is 23.1. The molecule has 0 aliphatic rings. The average Bonchev–Trinajstić information content (AvgIpc) is 2.70. The van der Waals surface area contributed by atoms with Gasteiger partial charge in [-0.15, -0.1) is 0 Å². The first-order chi connectivity index (χ1) is 13.5. The first kappa shape index (κ1) is 18.5. The van der Waals surface area contributed by atoms with Crippen LogP contribution in [-0.2, 0) is 0 Å². The standard InChI is InChI=1S/C21H16N4O3/c22-12-13-1-3-14(4-2-13)16-7-10-18(23)19(11-16)25-20(26)15-5-8-17(9-6-15)24-21(27)28/h1-11,24H,23H2,(H,25,26)(H,27,28). The molecule has 0 unspecified atom stereocenters. The van der Waals surface area contributed by atoms with Gasteiger partial charge >= 0.3 is 6.09 Å². The summed E-state index contributed by atoms with van der Waals surface area (Å²) >= 11 is 0. The summed E-state index contributed by atoms with van der Waals surface area (Å²) in [5.74, 6) is -0.370. The summed E-state index contributed by atoms with van der Waals surface area (Å²) in [5.41, 5.74) is 9.88. The molecule has 28 heavy (non-hydrogen) atoms. The Bertz CT molecular complexity index is 1070. The van der Waals surface area contributed by atoms with Crippen molar-refractivity contribution in [1.29, 1.82) is 5.26 Å². The molecule has 0 aromatic heterocycles. The van der Waals surface area contributed by atoms with Gasteiger partial charge in [0.25, 0.3) is 5.91 Å². The van der Waals surface area contributed by atoms with E-state index in [0.29, 0.717) is 28.2 Å². The van der Waals surface area contributed by atoms with E-state index in [2.05, 4.69) is 16.7 Å². The van der Waals surface area contributed by atoms with Crippen LogP contribution in [-0.4, -0.2) is 17.1 Å². The molecule has 0 saturated heterocycles. The zero-order chi connectivity index (χ0) is 20.1. The van der Waals surface area contributed by atoms with E-state index in [0.717, 1.165) is 11.1 Å². The fraction of sp³-hybridized carbons (Fsp3) is 0. The lowest BCUT2D eigenvalue weighted by atomic mass is 10.0.